The molecule has 0 amide bonds. The quantitative estimate of drug-likeness (QED) is 0.463. The Morgan fingerprint density at radius 1 is 0.900 bits per heavy atom. The monoisotopic (exact) mass is 416 g/mol. The lowest BCUT2D eigenvalue weighted by atomic mass is 9.42. The fourth-order valence-electron chi connectivity index (χ4n) is 10.1. The van der Waals surface area contributed by atoms with Gasteiger partial charge in [-0.25, -0.2) is 0 Å². The SMILES string of the molecule is CC[C@@H]1C[C@H](O)C[C@H]2CC[C@@H]3[C@@H]4CC[C@H]([C@H](C)CCCC(C)C)[C@@]4(C)CC[C@@H]3[C@@]12C. The summed E-state index contributed by atoms with van der Waals surface area (Å²) in [6, 6.07) is 0. The lowest BCUT2D eigenvalue weighted by molar-refractivity contribution is -0.158. The van der Waals surface area contributed by atoms with E-state index in [1.807, 2.05) is 0 Å². The molecule has 0 aromatic heterocycles. The van der Waals surface area contributed by atoms with Gasteiger partial charge in [-0.05, 0) is 110 Å². The van der Waals surface area contributed by atoms with E-state index in [0.717, 1.165) is 60.2 Å². The Kier molecular flexibility index (Phi) is 6.72. The van der Waals surface area contributed by atoms with E-state index in [2.05, 4.69) is 41.5 Å². The Labute approximate surface area is 188 Å². The van der Waals surface area contributed by atoms with Gasteiger partial charge in [0, 0.05) is 0 Å². The lowest BCUT2D eigenvalue weighted by Crippen LogP contribution is -2.57. The standard InChI is InChI=1S/C29H52O/c1-7-21-17-23(30)18-22-11-12-24-26-14-13-25(20(4)10-8-9-19(2)3)28(26,5)16-15-27(24)29(21,22)6/h19-27,30H,7-18H2,1-6H3/t20-,21-,22-,23+,24-,25-,26+,27+,28-,29+/m1/s1. The first kappa shape index (κ1) is 23.1. The highest BCUT2D eigenvalue weighted by atomic mass is 16.3. The molecule has 1 nitrogen and oxygen atoms in total. The highest BCUT2D eigenvalue weighted by Gasteiger charge is 2.62. The first-order valence-corrected chi connectivity index (χ1v) is 13.9. The molecule has 0 aliphatic heterocycles. The second-order valence-corrected chi connectivity index (χ2v) is 13.3. The van der Waals surface area contributed by atoms with Gasteiger partial charge in [0.2, 0.25) is 0 Å². The van der Waals surface area contributed by atoms with E-state index >= 15 is 0 Å². The van der Waals surface area contributed by atoms with Gasteiger partial charge >= 0.3 is 0 Å². The van der Waals surface area contributed by atoms with E-state index in [0.29, 0.717) is 10.8 Å². The lowest BCUT2D eigenvalue weighted by Gasteiger charge is -2.63. The van der Waals surface area contributed by atoms with Crippen LogP contribution in [0.1, 0.15) is 119 Å². The van der Waals surface area contributed by atoms with Crippen molar-refractivity contribution in [3.8, 4) is 0 Å². The topological polar surface area (TPSA) is 20.2 Å². The van der Waals surface area contributed by atoms with Crippen LogP contribution in [-0.4, -0.2) is 11.2 Å². The van der Waals surface area contributed by atoms with Crippen LogP contribution in [0, 0.1) is 58.2 Å². The highest BCUT2D eigenvalue weighted by molar-refractivity contribution is 5.11. The van der Waals surface area contributed by atoms with Crippen molar-refractivity contribution in [2.45, 2.75) is 125 Å². The molecule has 0 radical (unpaired) electrons. The van der Waals surface area contributed by atoms with Crippen LogP contribution in [0.4, 0.5) is 0 Å². The van der Waals surface area contributed by atoms with Gasteiger partial charge in [0.1, 0.15) is 0 Å². The second-order valence-electron chi connectivity index (χ2n) is 13.3. The molecule has 0 saturated heterocycles. The third kappa shape index (κ3) is 3.72. The zero-order valence-corrected chi connectivity index (χ0v) is 21.1. The summed E-state index contributed by atoms with van der Waals surface area (Å²) in [6.07, 6.45) is 16.5. The van der Waals surface area contributed by atoms with E-state index < -0.39 is 0 Å². The van der Waals surface area contributed by atoms with Crippen molar-refractivity contribution in [1.82, 2.24) is 0 Å². The summed E-state index contributed by atoms with van der Waals surface area (Å²) in [5.74, 6) is 7.15. The number of hydrogen-bond acceptors (Lipinski definition) is 1. The molecule has 4 rings (SSSR count). The minimum Gasteiger partial charge on any atom is -0.393 e. The van der Waals surface area contributed by atoms with Crippen LogP contribution in [0.5, 0.6) is 0 Å². The molecule has 0 unspecified atom stereocenters. The largest absolute Gasteiger partial charge is 0.393 e. The van der Waals surface area contributed by atoms with Crippen LogP contribution in [-0.2, 0) is 0 Å². The molecular weight excluding hydrogens is 364 g/mol. The molecule has 1 heteroatoms. The minimum absolute atomic E-state index is 0.0269. The van der Waals surface area contributed by atoms with Crippen LogP contribution in [0.2, 0.25) is 0 Å². The van der Waals surface area contributed by atoms with Crippen LogP contribution in [0.25, 0.3) is 0 Å². The van der Waals surface area contributed by atoms with Gasteiger partial charge in [-0.3, -0.25) is 0 Å². The van der Waals surface area contributed by atoms with Gasteiger partial charge in [-0.1, -0.05) is 67.2 Å². The van der Waals surface area contributed by atoms with E-state index in [1.54, 1.807) is 0 Å². The predicted molar refractivity (Wildman–Crippen MR) is 128 cm³/mol. The van der Waals surface area contributed by atoms with Gasteiger partial charge < -0.3 is 5.11 Å². The van der Waals surface area contributed by atoms with Crippen LogP contribution >= 0.6 is 0 Å². The first-order valence-electron chi connectivity index (χ1n) is 13.9. The third-order valence-corrected chi connectivity index (χ3v) is 11.7. The van der Waals surface area contributed by atoms with E-state index in [9.17, 15) is 5.11 Å². The molecule has 10 atom stereocenters. The van der Waals surface area contributed by atoms with Crippen molar-refractivity contribution in [3.63, 3.8) is 0 Å². The zero-order valence-electron chi connectivity index (χ0n) is 21.1. The van der Waals surface area contributed by atoms with Crippen LogP contribution in [0.3, 0.4) is 0 Å². The molecule has 4 aliphatic carbocycles. The maximum Gasteiger partial charge on any atom is 0.0546 e. The van der Waals surface area contributed by atoms with Crippen molar-refractivity contribution in [2.24, 2.45) is 58.2 Å². The molecule has 1 N–H and O–H groups in total. The van der Waals surface area contributed by atoms with Gasteiger partial charge in [-0.15, -0.1) is 0 Å². The highest BCUT2D eigenvalue weighted by Crippen LogP contribution is 2.69. The minimum atomic E-state index is -0.0269. The molecule has 30 heavy (non-hydrogen) atoms. The third-order valence-electron chi connectivity index (χ3n) is 11.7. The van der Waals surface area contributed by atoms with Gasteiger partial charge in [0.05, 0.1) is 6.10 Å². The average Bonchev–Trinajstić information content (AvgIpc) is 3.05. The maximum atomic E-state index is 10.6. The van der Waals surface area contributed by atoms with Crippen molar-refractivity contribution in [3.05, 3.63) is 0 Å². The van der Waals surface area contributed by atoms with Crippen molar-refractivity contribution >= 4 is 0 Å². The average molecular weight is 417 g/mol. The van der Waals surface area contributed by atoms with Crippen molar-refractivity contribution in [1.29, 1.82) is 0 Å². The van der Waals surface area contributed by atoms with Crippen LogP contribution < -0.4 is 0 Å². The molecule has 0 aromatic carbocycles. The number of aliphatic hydroxyl groups excluding tert-OH is 1. The summed E-state index contributed by atoms with van der Waals surface area (Å²) in [5, 5.41) is 10.6. The molecule has 174 valence electrons. The van der Waals surface area contributed by atoms with Gasteiger partial charge in [-0.2, -0.15) is 0 Å². The summed E-state index contributed by atoms with van der Waals surface area (Å²) in [7, 11) is 0. The Morgan fingerprint density at radius 3 is 2.37 bits per heavy atom. The Bertz CT molecular complexity index is 573. The Balaban J connectivity index is 1.50. The van der Waals surface area contributed by atoms with Crippen LogP contribution in [0.15, 0.2) is 0 Å². The smallest absolute Gasteiger partial charge is 0.0546 e. The summed E-state index contributed by atoms with van der Waals surface area (Å²) < 4.78 is 0. The molecule has 0 bridgehead atoms. The summed E-state index contributed by atoms with van der Waals surface area (Å²) in [5.41, 5.74) is 1.11. The summed E-state index contributed by atoms with van der Waals surface area (Å²) in [4.78, 5) is 0. The number of aliphatic hydroxyl groups is 1. The fourth-order valence-corrected chi connectivity index (χ4v) is 10.1. The van der Waals surface area contributed by atoms with Crippen molar-refractivity contribution in [2.75, 3.05) is 0 Å². The predicted octanol–water partition coefficient (Wildman–Crippen LogP) is 8.10. The molecule has 0 spiro atoms. The maximum absolute atomic E-state index is 10.6. The molecule has 4 aliphatic rings. The van der Waals surface area contributed by atoms with Crippen molar-refractivity contribution < 1.29 is 5.11 Å². The molecular formula is C29H52O. The Morgan fingerprint density at radius 2 is 1.67 bits per heavy atom. The normalized spacial score (nSPS) is 49.4. The molecule has 4 saturated carbocycles. The summed E-state index contributed by atoms with van der Waals surface area (Å²) in [6.45, 7) is 15.1. The number of rotatable bonds is 6. The summed E-state index contributed by atoms with van der Waals surface area (Å²) >= 11 is 0. The zero-order chi connectivity index (χ0) is 21.7. The second kappa shape index (κ2) is 8.72. The van der Waals surface area contributed by atoms with Gasteiger partial charge in [0.15, 0.2) is 0 Å². The van der Waals surface area contributed by atoms with Gasteiger partial charge in [0.25, 0.3) is 0 Å². The number of fused-ring (bicyclic) bond motifs is 5. The van der Waals surface area contributed by atoms with E-state index in [4.69, 9.17) is 0 Å². The molecule has 0 heterocycles. The van der Waals surface area contributed by atoms with E-state index in [1.165, 1.54) is 64.2 Å². The molecule has 4 fully saturated rings. The fraction of sp³-hybridized carbons (Fsp3) is 1.00. The first-order chi connectivity index (χ1) is 14.2. The number of hydrogen-bond donors (Lipinski definition) is 1. The van der Waals surface area contributed by atoms with E-state index in [-0.39, 0.29) is 6.10 Å². The Hall–Kier alpha value is -0.0400. The molecule has 0 aromatic rings.